The fourth-order valence-electron chi connectivity index (χ4n) is 2.24. The monoisotopic (exact) mass is 329 g/mol. The normalized spacial score (nSPS) is 11.1. The minimum absolute atomic E-state index is 0.429. The van der Waals surface area contributed by atoms with Crippen molar-refractivity contribution in [2.24, 2.45) is 0 Å². The van der Waals surface area contributed by atoms with Crippen LogP contribution in [0.4, 0.5) is 0 Å². The van der Waals surface area contributed by atoms with Gasteiger partial charge in [0.05, 0.1) is 19.9 Å². The number of methoxy groups -OCH3 is 1. The molecule has 5 nitrogen and oxygen atoms in total. The van der Waals surface area contributed by atoms with Crippen LogP contribution in [0.1, 0.15) is 19.6 Å². The Kier molecular flexibility index (Phi) is 4.71. The summed E-state index contributed by atoms with van der Waals surface area (Å²) in [5.74, 6) is 2.53. The first kappa shape index (κ1) is 15.7. The summed E-state index contributed by atoms with van der Waals surface area (Å²) in [5.41, 5.74) is 1.00. The van der Waals surface area contributed by atoms with Crippen molar-refractivity contribution in [3.05, 3.63) is 48.4 Å². The molecular weight excluding hydrogens is 310 g/mol. The van der Waals surface area contributed by atoms with E-state index in [-0.39, 0.29) is 0 Å². The van der Waals surface area contributed by atoms with Gasteiger partial charge in [0.15, 0.2) is 11.0 Å². The molecule has 0 saturated heterocycles. The average Bonchev–Trinajstić information content (AvgIpc) is 3.18. The van der Waals surface area contributed by atoms with Crippen molar-refractivity contribution in [2.45, 2.75) is 30.8 Å². The van der Waals surface area contributed by atoms with Crippen molar-refractivity contribution in [3.8, 4) is 17.1 Å². The second-order valence-corrected chi connectivity index (χ2v) is 6.91. The van der Waals surface area contributed by atoms with Gasteiger partial charge in [0.2, 0.25) is 0 Å². The van der Waals surface area contributed by atoms with Crippen LogP contribution < -0.4 is 4.74 Å². The lowest BCUT2D eigenvalue weighted by Crippen LogP contribution is -2.04. The highest BCUT2D eigenvalue weighted by atomic mass is 32.2. The summed E-state index contributed by atoms with van der Waals surface area (Å²) in [7, 11) is 1.66. The summed E-state index contributed by atoms with van der Waals surface area (Å²) < 4.78 is 12.8. The Morgan fingerprint density at radius 3 is 2.57 bits per heavy atom. The van der Waals surface area contributed by atoms with Crippen molar-refractivity contribution in [3.63, 3.8) is 0 Å². The van der Waals surface area contributed by atoms with Crippen molar-refractivity contribution in [1.29, 1.82) is 0 Å². The average molecular weight is 329 g/mol. The number of aromatic nitrogens is 3. The van der Waals surface area contributed by atoms with E-state index in [1.807, 2.05) is 36.4 Å². The van der Waals surface area contributed by atoms with Gasteiger partial charge in [-0.15, -0.1) is 10.2 Å². The highest BCUT2D eigenvalue weighted by Gasteiger charge is 2.16. The van der Waals surface area contributed by atoms with Crippen molar-refractivity contribution >= 4 is 11.8 Å². The molecule has 3 aromatic rings. The van der Waals surface area contributed by atoms with Gasteiger partial charge in [0, 0.05) is 10.8 Å². The van der Waals surface area contributed by atoms with E-state index < -0.39 is 0 Å². The third-order valence-corrected chi connectivity index (χ3v) is 4.28. The molecular formula is C17H19N3O2S. The van der Waals surface area contributed by atoms with Gasteiger partial charge in [0.1, 0.15) is 11.5 Å². The third-order valence-electron chi connectivity index (χ3n) is 3.30. The van der Waals surface area contributed by atoms with Gasteiger partial charge in [-0.05, 0) is 36.4 Å². The number of hydrogen-bond donors (Lipinski definition) is 0. The number of hydrogen-bond acceptors (Lipinski definition) is 5. The molecule has 0 unspecified atom stereocenters. The van der Waals surface area contributed by atoms with Gasteiger partial charge >= 0.3 is 0 Å². The molecule has 23 heavy (non-hydrogen) atoms. The third kappa shape index (κ3) is 3.59. The topological polar surface area (TPSA) is 53.1 Å². The first-order chi connectivity index (χ1) is 11.2. The lowest BCUT2D eigenvalue weighted by Gasteiger charge is -2.10. The van der Waals surface area contributed by atoms with Gasteiger partial charge in [-0.1, -0.05) is 25.6 Å². The van der Waals surface area contributed by atoms with Gasteiger partial charge in [-0.25, -0.2) is 0 Å². The summed E-state index contributed by atoms with van der Waals surface area (Å²) in [6.45, 7) is 4.89. The molecule has 0 fully saturated rings. The lowest BCUT2D eigenvalue weighted by molar-refractivity contribution is 0.415. The quantitative estimate of drug-likeness (QED) is 0.637. The lowest BCUT2D eigenvalue weighted by atomic mass is 10.2. The van der Waals surface area contributed by atoms with Crippen LogP contribution in [-0.2, 0) is 6.54 Å². The van der Waals surface area contributed by atoms with Gasteiger partial charge < -0.3 is 9.15 Å². The minimum Gasteiger partial charge on any atom is -0.497 e. The van der Waals surface area contributed by atoms with Crippen LogP contribution in [-0.4, -0.2) is 27.1 Å². The molecule has 3 rings (SSSR count). The smallest absolute Gasteiger partial charge is 0.192 e. The summed E-state index contributed by atoms with van der Waals surface area (Å²) in [6, 6.07) is 11.7. The second-order valence-electron chi connectivity index (χ2n) is 5.37. The second kappa shape index (κ2) is 6.91. The summed E-state index contributed by atoms with van der Waals surface area (Å²) >= 11 is 1.69. The van der Waals surface area contributed by atoms with E-state index in [2.05, 4.69) is 28.6 Å². The molecule has 0 atom stereocenters. The standard InChI is InChI=1S/C17H19N3O2S/c1-12(2)23-17-19-18-16(13-6-8-14(21-3)9-7-13)20(17)11-15-5-4-10-22-15/h4-10,12H,11H2,1-3H3. The zero-order valence-corrected chi connectivity index (χ0v) is 14.2. The van der Waals surface area contributed by atoms with E-state index in [0.717, 1.165) is 28.1 Å². The molecule has 0 amide bonds. The predicted molar refractivity (Wildman–Crippen MR) is 90.8 cm³/mol. The van der Waals surface area contributed by atoms with Gasteiger partial charge in [-0.3, -0.25) is 4.57 Å². The Labute approximate surface area is 139 Å². The predicted octanol–water partition coefficient (Wildman–Crippen LogP) is 4.10. The molecule has 0 aliphatic rings. The molecule has 1 aromatic carbocycles. The van der Waals surface area contributed by atoms with Gasteiger partial charge in [0.25, 0.3) is 0 Å². The zero-order valence-electron chi connectivity index (χ0n) is 13.4. The maximum Gasteiger partial charge on any atom is 0.192 e. The van der Waals surface area contributed by atoms with E-state index in [4.69, 9.17) is 9.15 Å². The zero-order chi connectivity index (χ0) is 16.2. The highest BCUT2D eigenvalue weighted by molar-refractivity contribution is 7.99. The van der Waals surface area contributed by atoms with Crippen molar-refractivity contribution in [2.75, 3.05) is 7.11 Å². The Morgan fingerprint density at radius 2 is 1.96 bits per heavy atom. The summed E-state index contributed by atoms with van der Waals surface area (Å²) in [4.78, 5) is 0. The van der Waals surface area contributed by atoms with Crippen LogP contribution >= 0.6 is 11.8 Å². The van der Waals surface area contributed by atoms with E-state index >= 15 is 0 Å². The van der Waals surface area contributed by atoms with Gasteiger partial charge in [-0.2, -0.15) is 0 Å². The molecule has 120 valence electrons. The fraction of sp³-hybridized carbons (Fsp3) is 0.294. The van der Waals surface area contributed by atoms with Crippen LogP contribution in [0.2, 0.25) is 0 Å². The molecule has 0 spiro atoms. The molecule has 2 heterocycles. The number of furan rings is 1. The maximum atomic E-state index is 5.49. The molecule has 6 heteroatoms. The number of ether oxygens (including phenoxy) is 1. The molecule has 0 radical (unpaired) electrons. The minimum atomic E-state index is 0.429. The maximum absolute atomic E-state index is 5.49. The van der Waals surface area contributed by atoms with E-state index in [1.165, 1.54) is 0 Å². The Morgan fingerprint density at radius 1 is 1.17 bits per heavy atom. The largest absolute Gasteiger partial charge is 0.497 e. The van der Waals surface area contributed by atoms with Crippen LogP contribution in [0.3, 0.4) is 0 Å². The van der Waals surface area contributed by atoms with Crippen LogP contribution in [0, 0.1) is 0 Å². The van der Waals surface area contributed by atoms with E-state index in [1.54, 1.807) is 25.1 Å². The molecule has 0 bridgehead atoms. The molecule has 0 aliphatic carbocycles. The summed E-state index contributed by atoms with van der Waals surface area (Å²) in [6.07, 6.45) is 1.68. The number of rotatable bonds is 6. The number of nitrogens with zero attached hydrogens (tertiary/aromatic N) is 3. The molecule has 0 saturated carbocycles. The number of benzene rings is 1. The highest BCUT2D eigenvalue weighted by Crippen LogP contribution is 2.28. The fourth-order valence-corrected chi connectivity index (χ4v) is 3.03. The Bertz CT molecular complexity index is 749. The van der Waals surface area contributed by atoms with Crippen molar-refractivity contribution < 1.29 is 9.15 Å². The van der Waals surface area contributed by atoms with Crippen molar-refractivity contribution in [1.82, 2.24) is 14.8 Å². The Hall–Kier alpha value is -2.21. The SMILES string of the molecule is COc1ccc(-c2nnc(SC(C)C)n2Cc2ccco2)cc1. The van der Waals surface area contributed by atoms with E-state index in [9.17, 15) is 0 Å². The molecule has 0 aliphatic heterocycles. The Balaban J connectivity index is 1.99. The summed E-state index contributed by atoms with van der Waals surface area (Å²) in [5, 5.41) is 10.1. The first-order valence-electron chi connectivity index (χ1n) is 7.44. The molecule has 2 aromatic heterocycles. The van der Waals surface area contributed by atoms with Crippen LogP contribution in [0.15, 0.2) is 52.2 Å². The van der Waals surface area contributed by atoms with Crippen LogP contribution in [0.25, 0.3) is 11.4 Å². The molecule has 0 N–H and O–H groups in total. The van der Waals surface area contributed by atoms with Crippen LogP contribution in [0.5, 0.6) is 5.75 Å². The van der Waals surface area contributed by atoms with E-state index in [0.29, 0.717) is 11.8 Å². The first-order valence-corrected chi connectivity index (χ1v) is 8.32. The number of thioether (sulfide) groups is 1.